The number of fused-ring (bicyclic) bond motifs is 2. The molecule has 3 amide bonds. The summed E-state index contributed by atoms with van der Waals surface area (Å²) in [7, 11) is 0. The van der Waals surface area contributed by atoms with Crippen molar-refractivity contribution < 1.29 is 14.4 Å². The minimum atomic E-state index is -0.394. The normalized spacial score (nSPS) is 24.3. The average Bonchev–Trinajstić information content (AvgIpc) is 3.45. The van der Waals surface area contributed by atoms with Gasteiger partial charge in [-0.15, -0.1) is 0 Å². The van der Waals surface area contributed by atoms with E-state index < -0.39 is 5.54 Å². The number of rotatable bonds is 3. The Morgan fingerprint density at radius 2 is 1.97 bits per heavy atom. The van der Waals surface area contributed by atoms with Crippen LogP contribution >= 0.6 is 0 Å². The Bertz CT molecular complexity index is 824. The predicted octanol–water partition coefficient (Wildman–Crippen LogP) is -0.546. The maximum absolute atomic E-state index is 13.0. The maximum atomic E-state index is 13.0. The first-order chi connectivity index (χ1) is 14.1. The third-order valence-electron chi connectivity index (χ3n) is 6.87. The summed E-state index contributed by atoms with van der Waals surface area (Å²) in [6.07, 6.45) is 5.97. The van der Waals surface area contributed by atoms with Gasteiger partial charge in [0, 0.05) is 50.8 Å². The zero-order valence-corrected chi connectivity index (χ0v) is 16.7. The Hall–Kier alpha value is -2.42. The van der Waals surface area contributed by atoms with E-state index in [1.54, 1.807) is 6.33 Å². The van der Waals surface area contributed by atoms with Crippen LogP contribution in [0.5, 0.6) is 0 Å². The van der Waals surface area contributed by atoms with E-state index in [4.69, 9.17) is 0 Å². The molecule has 0 bridgehead atoms. The summed E-state index contributed by atoms with van der Waals surface area (Å²) in [5.41, 5.74) is 1.73. The number of hydrogen-bond acceptors (Lipinski definition) is 5. The molecule has 3 aliphatic heterocycles. The lowest BCUT2D eigenvalue weighted by molar-refractivity contribution is -0.146. The molecular formula is C20H28N6O3. The van der Waals surface area contributed by atoms with Crippen LogP contribution in [-0.4, -0.2) is 88.2 Å². The molecule has 1 spiro atoms. The van der Waals surface area contributed by atoms with E-state index in [0.29, 0.717) is 26.2 Å². The van der Waals surface area contributed by atoms with E-state index in [1.807, 2.05) is 9.80 Å². The minimum absolute atomic E-state index is 0.0239. The molecule has 5 rings (SSSR count). The lowest BCUT2D eigenvalue weighted by Gasteiger charge is -2.50. The van der Waals surface area contributed by atoms with Crippen molar-refractivity contribution in [3.05, 3.63) is 17.7 Å². The van der Waals surface area contributed by atoms with Gasteiger partial charge < -0.3 is 20.1 Å². The van der Waals surface area contributed by atoms with Gasteiger partial charge in [-0.3, -0.25) is 19.3 Å². The average molecular weight is 400 g/mol. The largest absolute Gasteiger partial charge is 0.354 e. The Morgan fingerprint density at radius 3 is 2.69 bits per heavy atom. The highest BCUT2D eigenvalue weighted by molar-refractivity contribution is 5.83. The number of likely N-dealkylation sites (tertiary alicyclic amines) is 1. The fraction of sp³-hybridized carbons (Fsp3) is 0.700. The molecule has 4 heterocycles. The van der Waals surface area contributed by atoms with Crippen molar-refractivity contribution in [2.75, 3.05) is 45.8 Å². The molecular weight excluding hydrogens is 372 g/mol. The number of nitrogens with one attached hydrogen (secondary N) is 2. The molecule has 0 unspecified atom stereocenters. The summed E-state index contributed by atoms with van der Waals surface area (Å²) in [5.74, 6) is 0.479. The highest BCUT2D eigenvalue weighted by Gasteiger charge is 2.51. The Balaban J connectivity index is 1.30. The molecule has 1 aromatic rings. The van der Waals surface area contributed by atoms with Gasteiger partial charge in [-0.2, -0.15) is 0 Å². The van der Waals surface area contributed by atoms with Gasteiger partial charge in [-0.25, -0.2) is 4.98 Å². The van der Waals surface area contributed by atoms with Gasteiger partial charge in [0.15, 0.2) is 0 Å². The van der Waals surface area contributed by atoms with Crippen LogP contribution < -0.4 is 5.32 Å². The number of aromatic nitrogens is 2. The fourth-order valence-corrected chi connectivity index (χ4v) is 5.10. The zero-order chi connectivity index (χ0) is 20.0. The van der Waals surface area contributed by atoms with Crippen molar-refractivity contribution in [2.24, 2.45) is 5.92 Å². The Kier molecular flexibility index (Phi) is 4.57. The smallest absolute Gasteiger partial charge is 0.236 e. The van der Waals surface area contributed by atoms with Crippen LogP contribution in [-0.2, 0) is 26.3 Å². The summed E-state index contributed by atoms with van der Waals surface area (Å²) in [6.45, 7) is 3.80. The number of amides is 3. The third-order valence-corrected chi connectivity index (χ3v) is 6.87. The molecule has 29 heavy (non-hydrogen) atoms. The van der Waals surface area contributed by atoms with Crippen molar-refractivity contribution in [3.63, 3.8) is 0 Å². The number of piperazine rings is 1. The number of imidazole rings is 1. The predicted molar refractivity (Wildman–Crippen MR) is 104 cm³/mol. The van der Waals surface area contributed by atoms with Gasteiger partial charge in [0.2, 0.25) is 17.7 Å². The van der Waals surface area contributed by atoms with Gasteiger partial charge in [-0.1, -0.05) is 0 Å². The number of carbonyl (C=O) groups excluding carboxylic acids is 3. The van der Waals surface area contributed by atoms with E-state index in [1.165, 1.54) is 0 Å². The van der Waals surface area contributed by atoms with Crippen LogP contribution in [0.4, 0.5) is 0 Å². The minimum Gasteiger partial charge on any atom is -0.354 e. The molecule has 9 heteroatoms. The van der Waals surface area contributed by atoms with E-state index >= 15 is 0 Å². The Morgan fingerprint density at radius 1 is 1.17 bits per heavy atom. The van der Waals surface area contributed by atoms with Crippen molar-refractivity contribution in [3.8, 4) is 0 Å². The number of nitrogens with zero attached hydrogens (tertiary/aromatic N) is 4. The van der Waals surface area contributed by atoms with E-state index in [9.17, 15) is 14.4 Å². The Labute approximate surface area is 169 Å². The van der Waals surface area contributed by atoms with Crippen molar-refractivity contribution in [2.45, 2.75) is 37.6 Å². The maximum Gasteiger partial charge on any atom is 0.236 e. The number of aromatic amines is 1. The quantitative estimate of drug-likeness (QED) is 0.709. The molecule has 0 aromatic carbocycles. The molecule has 1 saturated carbocycles. The summed E-state index contributed by atoms with van der Waals surface area (Å²) >= 11 is 0. The topological polar surface area (TPSA) is 102 Å². The number of piperidine rings is 1. The monoisotopic (exact) mass is 400 g/mol. The van der Waals surface area contributed by atoms with Crippen LogP contribution in [0.1, 0.15) is 37.1 Å². The molecule has 0 radical (unpaired) electrons. The number of H-pyrrole nitrogens is 1. The number of carbonyl (C=O) groups is 3. The van der Waals surface area contributed by atoms with Gasteiger partial charge in [-0.05, 0) is 25.7 Å². The highest BCUT2D eigenvalue weighted by atomic mass is 16.2. The summed E-state index contributed by atoms with van der Waals surface area (Å²) in [5, 5.41) is 2.79. The van der Waals surface area contributed by atoms with Crippen LogP contribution in [0.15, 0.2) is 6.33 Å². The van der Waals surface area contributed by atoms with Crippen LogP contribution in [0.2, 0.25) is 0 Å². The molecule has 4 aliphatic rings. The molecule has 9 nitrogen and oxygen atoms in total. The molecule has 2 N–H and O–H groups in total. The first kappa shape index (κ1) is 18.6. The van der Waals surface area contributed by atoms with E-state index in [2.05, 4.69) is 20.2 Å². The second kappa shape index (κ2) is 7.12. The second-order valence-corrected chi connectivity index (χ2v) is 8.72. The lowest BCUT2D eigenvalue weighted by Crippen LogP contribution is -2.60. The van der Waals surface area contributed by atoms with E-state index in [0.717, 1.165) is 50.0 Å². The summed E-state index contributed by atoms with van der Waals surface area (Å²) in [4.78, 5) is 51.1. The molecule has 2 saturated heterocycles. The van der Waals surface area contributed by atoms with Crippen molar-refractivity contribution >= 4 is 17.7 Å². The molecule has 156 valence electrons. The van der Waals surface area contributed by atoms with Gasteiger partial charge in [0.05, 0.1) is 30.6 Å². The van der Waals surface area contributed by atoms with Crippen molar-refractivity contribution in [1.82, 2.24) is 30.0 Å². The highest BCUT2D eigenvalue weighted by Crippen LogP contribution is 2.45. The molecule has 1 aliphatic carbocycles. The summed E-state index contributed by atoms with van der Waals surface area (Å²) in [6, 6.07) is 0. The first-order valence-electron chi connectivity index (χ1n) is 10.7. The second-order valence-electron chi connectivity index (χ2n) is 8.72. The number of hydrogen-bond donors (Lipinski definition) is 2. The van der Waals surface area contributed by atoms with Gasteiger partial charge in [0.25, 0.3) is 0 Å². The van der Waals surface area contributed by atoms with E-state index in [-0.39, 0.29) is 36.7 Å². The van der Waals surface area contributed by atoms with Crippen LogP contribution in [0.3, 0.4) is 0 Å². The fourth-order valence-electron chi connectivity index (χ4n) is 5.10. The zero-order valence-electron chi connectivity index (χ0n) is 16.7. The SMILES string of the molecule is O=C1CN(CC(=O)N2CCC3(CC2)c2nc[nH]c2CCN3C(=O)C2CC2)CCN1. The van der Waals surface area contributed by atoms with Gasteiger partial charge >= 0.3 is 0 Å². The molecule has 0 atom stereocenters. The van der Waals surface area contributed by atoms with Gasteiger partial charge in [0.1, 0.15) is 0 Å². The lowest BCUT2D eigenvalue weighted by atomic mass is 9.78. The third kappa shape index (κ3) is 3.31. The molecule has 1 aromatic heterocycles. The summed E-state index contributed by atoms with van der Waals surface area (Å²) < 4.78 is 0. The van der Waals surface area contributed by atoms with Crippen molar-refractivity contribution in [1.29, 1.82) is 0 Å². The van der Waals surface area contributed by atoms with Crippen LogP contribution in [0.25, 0.3) is 0 Å². The standard InChI is InChI=1S/C20H28N6O3/c27-16-11-24(10-6-21-16)12-17(28)25-8-4-20(5-9-25)18-15(22-13-23-18)3-7-26(20)19(29)14-1-2-14/h13-14H,1-12H2,(H,21,27)(H,22,23). The molecule has 3 fully saturated rings. The first-order valence-corrected chi connectivity index (χ1v) is 10.7. The van der Waals surface area contributed by atoms with Crippen LogP contribution in [0, 0.1) is 5.92 Å².